The van der Waals surface area contributed by atoms with Crippen molar-refractivity contribution in [3.63, 3.8) is 0 Å². The Kier molecular flexibility index (Phi) is 4.24. The molecule has 0 aliphatic carbocycles. The van der Waals surface area contributed by atoms with E-state index in [4.69, 9.17) is 0 Å². The zero-order valence-corrected chi connectivity index (χ0v) is 14.7. The van der Waals surface area contributed by atoms with E-state index in [2.05, 4.69) is 77.3 Å². The summed E-state index contributed by atoms with van der Waals surface area (Å²) in [6, 6.07) is 8.94. The largest absolute Gasteiger partial charge is 0.374 e. The molecule has 0 N–H and O–H groups in total. The van der Waals surface area contributed by atoms with E-state index in [1.807, 2.05) is 0 Å². The van der Waals surface area contributed by atoms with Crippen molar-refractivity contribution in [1.29, 1.82) is 0 Å². The normalized spacial score (nSPS) is 16.8. The molecule has 1 heterocycles. The third-order valence-corrected chi connectivity index (χ3v) is 4.54. The molecule has 2 rings (SSSR count). The minimum Gasteiger partial charge on any atom is -0.374 e. The number of allylic oxidation sites excluding steroid dienone is 1. The Balaban J connectivity index is 1.99. The van der Waals surface area contributed by atoms with Crippen LogP contribution in [0.15, 0.2) is 36.5 Å². The molecule has 0 aromatic heterocycles. The van der Waals surface area contributed by atoms with Gasteiger partial charge in [0.25, 0.3) is 0 Å². The first kappa shape index (κ1) is 16.1. The van der Waals surface area contributed by atoms with Crippen molar-refractivity contribution in [1.82, 2.24) is 4.90 Å². The summed E-state index contributed by atoms with van der Waals surface area (Å²) in [5, 5.41) is 0. The molecule has 1 aromatic rings. The number of benzene rings is 1. The fraction of sp³-hybridized carbons (Fsp3) is 0.600. The molecule has 0 atom stereocenters. The molecule has 1 fully saturated rings. The zero-order valence-electron chi connectivity index (χ0n) is 14.7. The van der Waals surface area contributed by atoms with Crippen LogP contribution in [-0.2, 0) is 11.8 Å². The highest BCUT2D eigenvalue weighted by Crippen LogP contribution is 2.34. The highest BCUT2D eigenvalue weighted by molar-refractivity contribution is 5.33. The van der Waals surface area contributed by atoms with Gasteiger partial charge in [-0.05, 0) is 28.9 Å². The molecule has 1 nitrogen and oxygen atoms in total. The Morgan fingerprint density at radius 3 is 2.19 bits per heavy atom. The average Bonchev–Trinajstić information content (AvgIpc) is 2.30. The van der Waals surface area contributed by atoms with Crippen molar-refractivity contribution < 1.29 is 0 Å². The van der Waals surface area contributed by atoms with Gasteiger partial charge in [-0.15, -0.1) is 0 Å². The van der Waals surface area contributed by atoms with Crippen LogP contribution in [0, 0.1) is 11.3 Å². The van der Waals surface area contributed by atoms with Gasteiger partial charge in [-0.2, -0.15) is 0 Å². The van der Waals surface area contributed by atoms with Gasteiger partial charge in [0.05, 0.1) is 0 Å². The molecule has 0 amide bonds. The van der Waals surface area contributed by atoms with Crippen LogP contribution in [0.1, 0.15) is 52.7 Å². The standard InChI is InChI=1S/C20H31N/c1-15(19(2,3)4)21-13-16(14-21)12-17-10-8-9-11-18(17)20(5,6)7/h8-11,16H,1,12-14H2,2-7H3. The van der Waals surface area contributed by atoms with E-state index in [1.54, 1.807) is 0 Å². The van der Waals surface area contributed by atoms with E-state index in [0.29, 0.717) is 0 Å². The molecule has 1 heteroatoms. The maximum absolute atomic E-state index is 4.27. The number of likely N-dealkylation sites (tertiary alicyclic amines) is 1. The topological polar surface area (TPSA) is 3.24 Å². The van der Waals surface area contributed by atoms with Crippen LogP contribution >= 0.6 is 0 Å². The molecule has 116 valence electrons. The maximum Gasteiger partial charge on any atom is 0.0223 e. The molecular weight excluding hydrogens is 254 g/mol. The second kappa shape index (κ2) is 5.51. The van der Waals surface area contributed by atoms with Crippen molar-refractivity contribution in [3.8, 4) is 0 Å². The van der Waals surface area contributed by atoms with Gasteiger partial charge < -0.3 is 4.90 Å². The van der Waals surface area contributed by atoms with E-state index < -0.39 is 0 Å². The van der Waals surface area contributed by atoms with E-state index >= 15 is 0 Å². The van der Waals surface area contributed by atoms with Crippen LogP contribution in [0.5, 0.6) is 0 Å². The monoisotopic (exact) mass is 285 g/mol. The molecule has 1 aromatic carbocycles. The molecule has 0 unspecified atom stereocenters. The number of hydrogen-bond donors (Lipinski definition) is 0. The molecule has 0 spiro atoms. The van der Waals surface area contributed by atoms with Crippen LogP contribution in [-0.4, -0.2) is 18.0 Å². The Labute approximate surface area is 131 Å². The number of hydrogen-bond acceptors (Lipinski definition) is 1. The summed E-state index contributed by atoms with van der Waals surface area (Å²) in [5.74, 6) is 0.771. The first-order valence-electron chi connectivity index (χ1n) is 8.12. The van der Waals surface area contributed by atoms with Crippen LogP contribution in [0.2, 0.25) is 0 Å². The van der Waals surface area contributed by atoms with Gasteiger partial charge in [0.1, 0.15) is 0 Å². The molecule has 0 bridgehead atoms. The second-order valence-electron chi connectivity index (χ2n) is 8.58. The maximum atomic E-state index is 4.27. The van der Waals surface area contributed by atoms with Crippen LogP contribution in [0.25, 0.3) is 0 Å². The third kappa shape index (κ3) is 3.70. The molecule has 0 radical (unpaired) electrons. The summed E-state index contributed by atoms with van der Waals surface area (Å²) in [6.45, 7) is 20.3. The van der Waals surface area contributed by atoms with Gasteiger partial charge in [0, 0.05) is 24.2 Å². The lowest BCUT2D eigenvalue weighted by Crippen LogP contribution is -2.48. The molecule has 1 saturated heterocycles. The third-order valence-electron chi connectivity index (χ3n) is 4.54. The first-order chi connectivity index (χ1) is 9.59. The Morgan fingerprint density at radius 2 is 1.67 bits per heavy atom. The first-order valence-corrected chi connectivity index (χ1v) is 8.12. The Hall–Kier alpha value is -1.24. The Morgan fingerprint density at radius 1 is 1.10 bits per heavy atom. The summed E-state index contributed by atoms with van der Waals surface area (Å²) < 4.78 is 0. The van der Waals surface area contributed by atoms with Gasteiger partial charge in [-0.25, -0.2) is 0 Å². The lowest BCUT2D eigenvalue weighted by atomic mass is 9.79. The van der Waals surface area contributed by atoms with Crippen molar-refractivity contribution >= 4 is 0 Å². The summed E-state index contributed by atoms with van der Waals surface area (Å²) in [4.78, 5) is 2.45. The molecule has 1 aliphatic heterocycles. The minimum atomic E-state index is 0.189. The highest BCUT2D eigenvalue weighted by Gasteiger charge is 2.32. The smallest absolute Gasteiger partial charge is 0.0223 e. The fourth-order valence-electron chi connectivity index (χ4n) is 3.13. The lowest BCUT2D eigenvalue weighted by Gasteiger charge is -2.46. The van der Waals surface area contributed by atoms with Gasteiger partial charge in [0.15, 0.2) is 0 Å². The van der Waals surface area contributed by atoms with Gasteiger partial charge in [0.2, 0.25) is 0 Å². The summed E-state index contributed by atoms with van der Waals surface area (Å²) in [6.07, 6.45) is 1.20. The summed E-state index contributed by atoms with van der Waals surface area (Å²) in [5.41, 5.74) is 4.72. The quantitative estimate of drug-likeness (QED) is 0.754. The summed E-state index contributed by atoms with van der Waals surface area (Å²) >= 11 is 0. The highest BCUT2D eigenvalue weighted by atomic mass is 15.2. The van der Waals surface area contributed by atoms with Crippen molar-refractivity contribution in [3.05, 3.63) is 47.7 Å². The predicted octanol–water partition coefficient (Wildman–Crippen LogP) is 5.02. The SMILES string of the molecule is C=C(N1CC(Cc2ccccc2C(C)(C)C)C1)C(C)(C)C. The van der Waals surface area contributed by atoms with Crippen molar-refractivity contribution in [2.45, 2.75) is 53.4 Å². The van der Waals surface area contributed by atoms with Crippen LogP contribution in [0.4, 0.5) is 0 Å². The number of rotatable bonds is 3. The molecule has 1 aliphatic rings. The van der Waals surface area contributed by atoms with E-state index in [1.165, 1.54) is 23.2 Å². The number of nitrogens with zero attached hydrogens (tertiary/aromatic N) is 1. The van der Waals surface area contributed by atoms with E-state index in [0.717, 1.165) is 19.0 Å². The van der Waals surface area contributed by atoms with E-state index in [9.17, 15) is 0 Å². The average molecular weight is 285 g/mol. The molecular formula is C20H31N. The predicted molar refractivity (Wildman–Crippen MR) is 92.5 cm³/mol. The van der Waals surface area contributed by atoms with Crippen LogP contribution < -0.4 is 0 Å². The van der Waals surface area contributed by atoms with Gasteiger partial charge in [-0.3, -0.25) is 0 Å². The molecule has 21 heavy (non-hydrogen) atoms. The molecule has 0 saturated carbocycles. The van der Waals surface area contributed by atoms with Gasteiger partial charge >= 0.3 is 0 Å². The minimum absolute atomic E-state index is 0.189. The lowest BCUT2D eigenvalue weighted by molar-refractivity contribution is 0.114. The fourth-order valence-corrected chi connectivity index (χ4v) is 3.13. The Bertz CT molecular complexity index is 507. The second-order valence-corrected chi connectivity index (χ2v) is 8.58. The van der Waals surface area contributed by atoms with Crippen molar-refractivity contribution in [2.75, 3.05) is 13.1 Å². The van der Waals surface area contributed by atoms with Crippen molar-refractivity contribution in [2.24, 2.45) is 11.3 Å². The van der Waals surface area contributed by atoms with Crippen LogP contribution in [0.3, 0.4) is 0 Å². The van der Waals surface area contributed by atoms with E-state index in [-0.39, 0.29) is 10.8 Å². The zero-order chi connectivity index (χ0) is 15.8. The summed E-state index contributed by atoms with van der Waals surface area (Å²) in [7, 11) is 0. The van der Waals surface area contributed by atoms with Gasteiger partial charge in [-0.1, -0.05) is 72.4 Å².